The SMILES string of the molecule is CN1CCC(CN)CC1c1ccccn1. The maximum Gasteiger partial charge on any atom is 0.0575 e. The first-order chi connectivity index (χ1) is 7.31. The minimum Gasteiger partial charge on any atom is -0.330 e. The molecule has 3 heteroatoms. The monoisotopic (exact) mass is 205 g/mol. The van der Waals surface area contributed by atoms with E-state index in [1.807, 2.05) is 12.3 Å². The third-order valence-electron chi connectivity index (χ3n) is 3.34. The van der Waals surface area contributed by atoms with Crippen molar-refractivity contribution >= 4 is 0 Å². The first-order valence-electron chi connectivity index (χ1n) is 5.62. The van der Waals surface area contributed by atoms with E-state index >= 15 is 0 Å². The molecule has 2 unspecified atom stereocenters. The topological polar surface area (TPSA) is 42.1 Å². The van der Waals surface area contributed by atoms with Crippen LogP contribution in [0.15, 0.2) is 24.4 Å². The van der Waals surface area contributed by atoms with E-state index in [4.69, 9.17) is 5.73 Å². The molecule has 2 heterocycles. The van der Waals surface area contributed by atoms with Crippen molar-refractivity contribution in [2.75, 3.05) is 20.1 Å². The fraction of sp³-hybridized carbons (Fsp3) is 0.583. The molecular weight excluding hydrogens is 186 g/mol. The predicted molar refractivity (Wildman–Crippen MR) is 61.4 cm³/mol. The number of hydrogen-bond acceptors (Lipinski definition) is 3. The molecule has 2 atom stereocenters. The van der Waals surface area contributed by atoms with Crippen molar-refractivity contribution in [1.82, 2.24) is 9.88 Å². The fourth-order valence-electron chi connectivity index (χ4n) is 2.29. The molecule has 0 saturated carbocycles. The summed E-state index contributed by atoms with van der Waals surface area (Å²) < 4.78 is 0. The van der Waals surface area contributed by atoms with Crippen LogP contribution in [-0.2, 0) is 0 Å². The van der Waals surface area contributed by atoms with Gasteiger partial charge in [0.25, 0.3) is 0 Å². The molecule has 3 nitrogen and oxygen atoms in total. The molecular formula is C12H19N3. The Morgan fingerprint density at radius 3 is 3.07 bits per heavy atom. The van der Waals surface area contributed by atoms with Crippen molar-refractivity contribution < 1.29 is 0 Å². The molecule has 1 aliphatic heterocycles. The Kier molecular flexibility index (Phi) is 3.34. The molecule has 0 aromatic carbocycles. The van der Waals surface area contributed by atoms with Gasteiger partial charge >= 0.3 is 0 Å². The lowest BCUT2D eigenvalue weighted by Crippen LogP contribution is -2.36. The van der Waals surface area contributed by atoms with Gasteiger partial charge in [-0.1, -0.05) is 6.07 Å². The molecule has 1 aromatic rings. The van der Waals surface area contributed by atoms with E-state index in [2.05, 4.69) is 29.1 Å². The van der Waals surface area contributed by atoms with Crippen molar-refractivity contribution in [2.24, 2.45) is 11.7 Å². The normalized spacial score (nSPS) is 27.9. The fourth-order valence-corrected chi connectivity index (χ4v) is 2.29. The Balaban J connectivity index is 2.13. The Labute approximate surface area is 91.3 Å². The number of pyridine rings is 1. The van der Waals surface area contributed by atoms with Gasteiger partial charge in [0.1, 0.15) is 0 Å². The van der Waals surface area contributed by atoms with Crippen molar-refractivity contribution in [3.05, 3.63) is 30.1 Å². The molecule has 2 rings (SSSR count). The van der Waals surface area contributed by atoms with E-state index in [1.54, 1.807) is 0 Å². The highest BCUT2D eigenvalue weighted by Crippen LogP contribution is 2.31. The summed E-state index contributed by atoms with van der Waals surface area (Å²) in [5.41, 5.74) is 6.93. The molecule has 82 valence electrons. The number of nitrogens with zero attached hydrogens (tertiary/aromatic N) is 2. The Bertz CT molecular complexity index is 299. The summed E-state index contributed by atoms with van der Waals surface area (Å²) in [6, 6.07) is 6.59. The van der Waals surface area contributed by atoms with Crippen LogP contribution in [0.4, 0.5) is 0 Å². The molecule has 0 aliphatic carbocycles. The lowest BCUT2D eigenvalue weighted by Gasteiger charge is -2.36. The molecule has 0 radical (unpaired) electrons. The molecule has 0 spiro atoms. The highest BCUT2D eigenvalue weighted by atomic mass is 15.1. The zero-order chi connectivity index (χ0) is 10.7. The summed E-state index contributed by atoms with van der Waals surface area (Å²) in [7, 11) is 2.17. The van der Waals surface area contributed by atoms with Gasteiger partial charge in [-0.3, -0.25) is 9.88 Å². The Hall–Kier alpha value is -0.930. The van der Waals surface area contributed by atoms with E-state index in [0.717, 1.165) is 19.5 Å². The van der Waals surface area contributed by atoms with Gasteiger partial charge in [-0.15, -0.1) is 0 Å². The van der Waals surface area contributed by atoms with Crippen LogP contribution < -0.4 is 5.73 Å². The van der Waals surface area contributed by atoms with Gasteiger partial charge < -0.3 is 5.73 Å². The molecule has 1 fully saturated rings. The van der Waals surface area contributed by atoms with Crippen molar-refractivity contribution in [1.29, 1.82) is 0 Å². The standard InChI is InChI=1S/C12H19N3/c1-15-7-5-10(9-13)8-12(15)11-4-2-3-6-14-11/h2-4,6,10,12H,5,7-9,13H2,1H3. The van der Waals surface area contributed by atoms with Crippen molar-refractivity contribution in [3.63, 3.8) is 0 Å². The first kappa shape index (κ1) is 10.6. The molecule has 2 N–H and O–H groups in total. The quantitative estimate of drug-likeness (QED) is 0.794. The number of likely N-dealkylation sites (tertiary alicyclic amines) is 1. The number of aromatic nitrogens is 1. The van der Waals surface area contributed by atoms with Crippen molar-refractivity contribution in [2.45, 2.75) is 18.9 Å². The van der Waals surface area contributed by atoms with E-state index < -0.39 is 0 Å². The van der Waals surface area contributed by atoms with Crippen LogP contribution in [0.1, 0.15) is 24.6 Å². The largest absolute Gasteiger partial charge is 0.330 e. The van der Waals surface area contributed by atoms with Crippen LogP contribution >= 0.6 is 0 Å². The second kappa shape index (κ2) is 4.73. The smallest absolute Gasteiger partial charge is 0.0575 e. The minimum atomic E-state index is 0.452. The van der Waals surface area contributed by atoms with E-state index in [9.17, 15) is 0 Å². The number of nitrogens with two attached hydrogens (primary N) is 1. The van der Waals surface area contributed by atoms with Crippen molar-refractivity contribution in [3.8, 4) is 0 Å². The van der Waals surface area contributed by atoms with Gasteiger partial charge in [0.05, 0.1) is 11.7 Å². The van der Waals surface area contributed by atoms with E-state index in [1.165, 1.54) is 12.1 Å². The summed E-state index contributed by atoms with van der Waals surface area (Å²) in [5, 5.41) is 0. The van der Waals surface area contributed by atoms with Crippen LogP contribution in [0.5, 0.6) is 0 Å². The average Bonchev–Trinajstić information content (AvgIpc) is 2.31. The zero-order valence-electron chi connectivity index (χ0n) is 9.26. The van der Waals surface area contributed by atoms with Crippen LogP contribution in [-0.4, -0.2) is 30.0 Å². The third-order valence-corrected chi connectivity index (χ3v) is 3.34. The molecule has 0 bridgehead atoms. The number of rotatable bonds is 2. The predicted octanol–water partition coefficient (Wildman–Crippen LogP) is 1.42. The summed E-state index contributed by atoms with van der Waals surface area (Å²) >= 11 is 0. The maximum absolute atomic E-state index is 5.75. The molecule has 15 heavy (non-hydrogen) atoms. The van der Waals surface area contributed by atoms with Crippen LogP contribution in [0, 0.1) is 5.92 Å². The van der Waals surface area contributed by atoms with Gasteiger partial charge in [-0.25, -0.2) is 0 Å². The van der Waals surface area contributed by atoms with Gasteiger partial charge in [-0.05, 0) is 51.0 Å². The molecule has 1 aromatic heterocycles. The van der Waals surface area contributed by atoms with E-state index in [0.29, 0.717) is 12.0 Å². The lowest BCUT2D eigenvalue weighted by atomic mass is 9.89. The Morgan fingerprint density at radius 1 is 1.53 bits per heavy atom. The second-order valence-corrected chi connectivity index (χ2v) is 4.38. The Morgan fingerprint density at radius 2 is 2.40 bits per heavy atom. The first-order valence-corrected chi connectivity index (χ1v) is 5.62. The van der Waals surface area contributed by atoms with Gasteiger partial charge in [0.2, 0.25) is 0 Å². The lowest BCUT2D eigenvalue weighted by molar-refractivity contribution is 0.142. The molecule has 1 aliphatic rings. The van der Waals surface area contributed by atoms with E-state index in [-0.39, 0.29) is 0 Å². The maximum atomic E-state index is 5.75. The minimum absolute atomic E-state index is 0.452. The van der Waals surface area contributed by atoms with Crippen LogP contribution in [0.25, 0.3) is 0 Å². The third kappa shape index (κ3) is 2.36. The van der Waals surface area contributed by atoms with Gasteiger partial charge in [-0.2, -0.15) is 0 Å². The number of piperidine rings is 1. The summed E-state index contributed by atoms with van der Waals surface area (Å²) in [5.74, 6) is 0.660. The average molecular weight is 205 g/mol. The summed E-state index contributed by atoms with van der Waals surface area (Å²) in [4.78, 5) is 6.82. The highest BCUT2D eigenvalue weighted by Gasteiger charge is 2.26. The van der Waals surface area contributed by atoms with Crippen LogP contribution in [0.3, 0.4) is 0 Å². The zero-order valence-corrected chi connectivity index (χ0v) is 9.26. The summed E-state index contributed by atoms with van der Waals surface area (Å²) in [6.07, 6.45) is 4.23. The van der Waals surface area contributed by atoms with Crippen LogP contribution in [0.2, 0.25) is 0 Å². The molecule has 1 saturated heterocycles. The number of hydrogen-bond donors (Lipinski definition) is 1. The van der Waals surface area contributed by atoms with Gasteiger partial charge in [0.15, 0.2) is 0 Å². The molecule has 0 amide bonds. The van der Waals surface area contributed by atoms with Gasteiger partial charge in [0, 0.05) is 6.20 Å². The highest BCUT2D eigenvalue weighted by molar-refractivity contribution is 5.10. The summed E-state index contributed by atoms with van der Waals surface area (Å²) in [6.45, 7) is 1.93. The second-order valence-electron chi connectivity index (χ2n) is 4.38.